The fourth-order valence-electron chi connectivity index (χ4n) is 3.37. The first kappa shape index (κ1) is 21.0. The molecule has 160 valence electrons. The summed E-state index contributed by atoms with van der Waals surface area (Å²) in [6.45, 7) is 0.780. The Hall–Kier alpha value is -3.26. The van der Waals surface area contributed by atoms with Gasteiger partial charge < -0.3 is 4.74 Å². The molecule has 31 heavy (non-hydrogen) atoms. The molecule has 0 unspecified atom stereocenters. The summed E-state index contributed by atoms with van der Waals surface area (Å²) in [4.78, 5) is 16.8. The van der Waals surface area contributed by atoms with E-state index in [-0.39, 0.29) is 22.1 Å². The number of para-hydroxylation sites is 2. The minimum absolute atomic E-state index is 0.0506. The second kappa shape index (κ2) is 8.47. The average molecular weight is 445 g/mol. The van der Waals surface area contributed by atoms with E-state index in [2.05, 4.69) is 10.1 Å². The lowest BCUT2D eigenvalue weighted by molar-refractivity contribution is 0.0387. The van der Waals surface area contributed by atoms with E-state index in [1.807, 2.05) is 31.2 Å². The van der Waals surface area contributed by atoms with Gasteiger partial charge in [0.25, 0.3) is 0 Å². The highest BCUT2D eigenvalue weighted by molar-refractivity contribution is 6.32. The molecule has 0 aliphatic heterocycles. The number of imidazole rings is 1. The molecule has 0 spiro atoms. The second-order valence-corrected chi connectivity index (χ2v) is 7.49. The number of aryl methyl sites for hydroxylation is 2. The molecule has 2 aromatic carbocycles. The SMILES string of the molecule is Cc1ccc(Cn2nc(C)c(C(=O)OCc3nc4ccccc4n3C(F)F)c2Cl)cc1. The maximum Gasteiger partial charge on any atom is 0.343 e. The van der Waals surface area contributed by atoms with Crippen molar-refractivity contribution < 1.29 is 18.3 Å². The van der Waals surface area contributed by atoms with Gasteiger partial charge in [-0.25, -0.2) is 14.5 Å². The van der Waals surface area contributed by atoms with Crippen LogP contribution in [0.15, 0.2) is 48.5 Å². The fraction of sp³-hybridized carbons (Fsp3) is 0.227. The highest BCUT2D eigenvalue weighted by Crippen LogP contribution is 2.25. The van der Waals surface area contributed by atoms with Crippen LogP contribution in [-0.2, 0) is 17.9 Å². The molecule has 0 fully saturated rings. The van der Waals surface area contributed by atoms with Crippen LogP contribution < -0.4 is 0 Å². The molecule has 0 saturated heterocycles. The molecule has 0 amide bonds. The van der Waals surface area contributed by atoms with E-state index < -0.39 is 19.1 Å². The van der Waals surface area contributed by atoms with E-state index in [9.17, 15) is 13.6 Å². The van der Waals surface area contributed by atoms with E-state index in [0.29, 0.717) is 17.8 Å². The van der Waals surface area contributed by atoms with Gasteiger partial charge in [-0.1, -0.05) is 53.6 Å². The van der Waals surface area contributed by atoms with Gasteiger partial charge >= 0.3 is 12.5 Å². The van der Waals surface area contributed by atoms with E-state index >= 15 is 0 Å². The van der Waals surface area contributed by atoms with Crippen molar-refractivity contribution in [1.82, 2.24) is 19.3 Å². The number of nitrogens with zero attached hydrogens (tertiary/aromatic N) is 4. The van der Waals surface area contributed by atoms with Crippen molar-refractivity contribution in [3.8, 4) is 0 Å². The average Bonchev–Trinajstić information content (AvgIpc) is 3.24. The number of hydrogen-bond donors (Lipinski definition) is 0. The number of esters is 1. The Balaban J connectivity index is 1.54. The number of hydrogen-bond acceptors (Lipinski definition) is 4. The van der Waals surface area contributed by atoms with Crippen LogP contribution in [0.3, 0.4) is 0 Å². The molecule has 0 N–H and O–H groups in total. The molecule has 4 rings (SSSR count). The smallest absolute Gasteiger partial charge is 0.343 e. The first-order valence-electron chi connectivity index (χ1n) is 9.54. The Morgan fingerprint density at radius 2 is 1.84 bits per heavy atom. The van der Waals surface area contributed by atoms with Gasteiger partial charge in [-0.3, -0.25) is 4.57 Å². The van der Waals surface area contributed by atoms with Gasteiger partial charge in [0.15, 0.2) is 5.82 Å². The zero-order valence-electron chi connectivity index (χ0n) is 16.8. The largest absolute Gasteiger partial charge is 0.454 e. The van der Waals surface area contributed by atoms with Crippen LogP contribution in [0.1, 0.15) is 39.6 Å². The standard InChI is InChI=1S/C22H19ClF2N4O2/c1-13-7-9-15(10-8-13)11-28-20(23)19(14(2)27-28)21(30)31-12-18-26-16-5-3-4-6-17(16)29(18)22(24)25/h3-10,22H,11-12H2,1-2H3. The molecule has 0 bridgehead atoms. The minimum atomic E-state index is -2.82. The van der Waals surface area contributed by atoms with E-state index in [0.717, 1.165) is 15.7 Å². The van der Waals surface area contributed by atoms with Gasteiger partial charge in [0.1, 0.15) is 17.3 Å². The molecule has 0 aliphatic carbocycles. The third kappa shape index (κ3) is 4.16. The molecule has 0 aliphatic rings. The Kier molecular flexibility index (Phi) is 5.73. The number of halogens is 3. The summed E-state index contributed by atoms with van der Waals surface area (Å²) in [6, 6.07) is 14.4. The van der Waals surface area contributed by atoms with Crippen LogP contribution in [0.5, 0.6) is 0 Å². The summed E-state index contributed by atoms with van der Waals surface area (Å²) >= 11 is 6.39. The Labute approximate surface area is 182 Å². The van der Waals surface area contributed by atoms with Gasteiger partial charge in [-0.2, -0.15) is 13.9 Å². The van der Waals surface area contributed by atoms with Crippen molar-refractivity contribution >= 4 is 28.6 Å². The Bertz CT molecular complexity index is 1250. The first-order valence-corrected chi connectivity index (χ1v) is 9.92. The number of rotatable bonds is 6. The first-order chi connectivity index (χ1) is 14.8. The van der Waals surface area contributed by atoms with Crippen molar-refractivity contribution in [2.24, 2.45) is 0 Å². The quantitative estimate of drug-likeness (QED) is 0.378. The highest BCUT2D eigenvalue weighted by Gasteiger charge is 2.24. The number of fused-ring (bicyclic) bond motifs is 1. The predicted molar refractivity (Wildman–Crippen MR) is 112 cm³/mol. The molecule has 4 aromatic rings. The lowest BCUT2D eigenvalue weighted by Crippen LogP contribution is -2.11. The minimum Gasteiger partial charge on any atom is -0.454 e. The Morgan fingerprint density at radius 3 is 2.55 bits per heavy atom. The number of ether oxygens (including phenoxy) is 1. The number of alkyl halides is 2. The van der Waals surface area contributed by atoms with Gasteiger partial charge in [0.05, 0.1) is 23.3 Å². The lowest BCUT2D eigenvalue weighted by Gasteiger charge is -2.09. The molecule has 2 heterocycles. The lowest BCUT2D eigenvalue weighted by atomic mass is 10.1. The Morgan fingerprint density at radius 1 is 1.13 bits per heavy atom. The summed E-state index contributed by atoms with van der Waals surface area (Å²) in [5, 5.41) is 4.46. The van der Waals surface area contributed by atoms with Crippen LogP contribution in [0, 0.1) is 13.8 Å². The van der Waals surface area contributed by atoms with E-state index in [4.69, 9.17) is 16.3 Å². The van der Waals surface area contributed by atoms with Crippen molar-refractivity contribution in [1.29, 1.82) is 0 Å². The second-order valence-electron chi connectivity index (χ2n) is 7.14. The van der Waals surface area contributed by atoms with Crippen LogP contribution in [0.25, 0.3) is 11.0 Å². The maximum atomic E-state index is 13.5. The zero-order chi connectivity index (χ0) is 22.1. The van der Waals surface area contributed by atoms with Crippen LogP contribution in [-0.4, -0.2) is 25.3 Å². The number of benzene rings is 2. The fourth-order valence-corrected chi connectivity index (χ4v) is 3.68. The number of carbonyl (C=O) groups is 1. The topological polar surface area (TPSA) is 61.9 Å². The van der Waals surface area contributed by atoms with Gasteiger partial charge in [0.2, 0.25) is 0 Å². The summed E-state index contributed by atoms with van der Waals surface area (Å²) < 4.78 is 34.6. The summed E-state index contributed by atoms with van der Waals surface area (Å²) in [5.74, 6) is -0.795. The van der Waals surface area contributed by atoms with Gasteiger partial charge in [0, 0.05) is 0 Å². The third-order valence-electron chi connectivity index (χ3n) is 4.92. The predicted octanol–water partition coefficient (Wildman–Crippen LogP) is 5.30. The molecule has 0 radical (unpaired) electrons. The molecular formula is C22H19ClF2N4O2. The van der Waals surface area contributed by atoms with Crippen molar-refractivity contribution in [3.63, 3.8) is 0 Å². The third-order valence-corrected chi connectivity index (χ3v) is 5.30. The molecule has 9 heteroatoms. The number of aromatic nitrogens is 4. The maximum absolute atomic E-state index is 13.5. The highest BCUT2D eigenvalue weighted by atomic mass is 35.5. The zero-order valence-corrected chi connectivity index (χ0v) is 17.6. The van der Waals surface area contributed by atoms with E-state index in [1.165, 1.54) is 10.7 Å². The molecule has 2 aromatic heterocycles. The molecular weight excluding hydrogens is 426 g/mol. The van der Waals surface area contributed by atoms with Crippen LogP contribution in [0.2, 0.25) is 5.15 Å². The summed E-state index contributed by atoms with van der Waals surface area (Å²) in [5.41, 5.74) is 3.27. The molecule has 0 saturated carbocycles. The monoisotopic (exact) mass is 444 g/mol. The van der Waals surface area contributed by atoms with Gasteiger partial charge in [-0.15, -0.1) is 0 Å². The number of carbonyl (C=O) groups excluding carboxylic acids is 1. The van der Waals surface area contributed by atoms with Crippen molar-refractivity contribution in [2.75, 3.05) is 0 Å². The van der Waals surface area contributed by atoms with Crippen LogP contribution >= 0.6 is 11.6 Å². The van der Waals surface area contributed by atoms with Crippen molar-refractivity contribution in [2.45, 2.75) is 33.5 Å². The van der Waals surface area contributed by atoms with Crippen molar-refractivity contribution in [3.05, 3.63) is 81.9 Å². The summed E-state index contributed by atoms with van der Waals surface area (Å²) in [6.07, 6.45) is 0. The van der Waals surface area contributed by atoms with E-state index in [1.54, 1.807) is 25.1 Å². The van der Waals surface area contributed by atoms with Crippen LogP contribution in [0.4, 0.5) is 8.78 Å². The molecule has 0 atom stereocenters. The molecule has 6 nitrogen and oxygen atoms in total. The summed E-state index contributed by atoms with van der Waals surface area (Å²) in [7, 11) is 0. The normalized spacial score (nSPS) is 11.4. The van der Waals surface area contributed by atoms with Gasteiger partial charge in [-0.05, 0) is 31.5 Å².